The van der Waals surface area contributed by atoms with Crippen molar-refractivity contribution in [1.29, 1.82) is 0 Å². The number of aliphatic carboxylic acids is 1. The van der Waals surface area contributed by atoms with Crippen molar-refractivity contribution in [3.8, 4) is 22.8 Å². The predicted octanol–water partition coefficient (Wildman–Crippen LogP) is 7.59. The lowest BCUT2D eigenvalue weighted by molar-refractivity contribution is -0.139. The van der Waals surface area contributed by atoms with Crippen molar-refractivity contribution in [2.24, 2.45) is 11.3 Å². The Balaban J connectivity index is 1.33. The normalized spacial score (nSPS) is 24.5. The van der Waals surface area contributed by atoms with E-state index in [1.165, 1.54) is 13.3 Å². The van der Waals surface area contributed by atoms with Crippen LogP contribution in [0.4, 0.5) is 8.78 Å². The Bertz CT molecular complexity index is 1490. The number of methoxy groups -OCH3 is 1. The largest absolute Gasteiger partial charge is 0.486 e. The molecule has 3 aliphatic carbocycles. The molecule has 7 heteroatoms. The minimum Gasteiger partial charge on any atom is -0.486 e. The van der Waals surface area contributed by atoms with Crippen LogP contribution in [0.1, 0.15) is 80.5 Å². The van der Waals surface area contributed by atoms with Gasteiger partial charge in [-0.2, -0.15) is 0 Å². The highest BCUT2D eigenvalue weighted by molar-refractivity contribution is 5.78. The molecule has 2 aromatic carbocycles. The summed E-state index contributed by atoms with van der Waals surface area (Å²) in [4.78, 5) is 15.7. The van der Waals surface area contributed by atoms with E-state index in [2.05, 4.69) is 24.9 Å². The van der Waals surface area contributed by atoms with Crippen LogP contribution in [0.15, 0.2) is 42.6 Å². The summed E-state index contributed by atoms with van der Waals surface area (Å²) in [6.45, 7) is 4.65. The number of pyridine rings is 1. The van der Waals surface area contributed by atoms with Crippen molar-refractivity contribution in [1.82, 2.24) is 4.98 Å². The molecule has 210 valence electrons. The number of carboxylic acids is 1. The van der Waals surface area contributed by atoms with Crippen LogP contribution in [0.3, 0.4) is 0 Å². The van der Waals surface area contributed by atoms with Gasteiger partial charge in [0.25, 0.3) is 0 Å². The summed E-state index contributed by atoms with van der Waals surface area (Å²) in [5, 5.41) is 9.62. The number of carboxylic acid groups (broad SMARTS) is 1. The van der Waals surface area contributed by atoms with Gasteiger partial charge >= 0.3 is 5.97 Å². The fourth-order valence-corrected chi connectivity index (χ4v) is 7.39. The van der Waals surface area contributed by atoms with Crippen molar-refractivity contribution in [3.63, 3.8) is 0 Å². The molecule has 5 nitrogen and oxygen atoms in total. The number of hydrogen-bond donors (Lipinski definition) is 1. The number of nitrogens with zero attached hydrogens (tertiary/aromatic N) is 1. The van der Waals surface area contributed by atoms with Gasteiger partial charge in [-0.3, -0.25) is 4.79 Å². The summed E-state index contributed by atoms with van der Waals surface area (Å²) >= 11 is 0. The standard InChI is InChI=1S/C33H35F2NO4/c1-32(2)12-5-7-24(32)22-14-19(8-10-21(22)23-15-28(39-3)36-17-26(23)34)18-40-27-11-9-20-6-4-13-33(29(20)30(27)35)16-25(33)31(37)38/h8-11,14-15,17,24-25H,4-7,12-13,16,18H2,1-3H3,(H,37,38)/t24-,25-,33?/m0/s1. The number of carbonyl (C=O) groups is 1. The fourth-order valence-electron chi connectivity index (χ4n) is 7.39. The molecule has 1 unspecified atom stereocenters. The first-order valence-electron chi connectivity index (χ1n) is 14.1. The van der Waals surface area contributed by atoms with Crippen LogP contribution in [0.5, 0.6) is 11.6 Å². The molecular formula is C33H35F2NO4. The minimum absolute atomic E-state index is 0.0473. The second kappa shape index (κ2) is 9.86. The Morgan fingerprint density at radius 3 is 2.62 bits per heavy atom. The first kappa shape index (κ1) is 26.7. The number of hydrogen-bond acceptors (Lipinski definition) is 4. The summed E-state index contributed by atoms with van der Waals surface area (Å²) in [6, 6.07) is 11.1. The molecule has 6 rings (SSSR count). The van der Waals surface area contributed by atoms with E-state index in [4.69, 9.17) is 9.47 Å². The number of aryl methyl sites for hydroxylation is 1. The quantitative estimate of drug-likeness (QED) is 0.330. The minimum atomic E-state index is -0.857. The lowest BCUT2D eigenvalue weighted by atomic mass is 9.75. The first-order valence-corrected chi connectivity index (χ1v) is 14.1. The number of rotatable bonds is 7. The van der Waals surface area contributed by atoms with Gasteiger partial charge in [-0.15, -0.1) is 0 Å². The molecule has 2 fully saturated rings. The van der Waals surface area contributed by atoms with E-state index in [9.17, 15) is 9.90 Å². The van der Waals surface area contributed by atoms with Gasteiger partial charge in [-0.05, 0) is 78.2 Å². The molecule has 3 aromatic rings. The number of ether oxygens (including phenoxy) is 2. The highest BCUT2D eigenvalue weighted by Crippen LogP contribution is 2.61. The number of halogens is 2. The van der Waals surface area contributed by atoms with E-state index in [1.54, 1.807) is 12.1 Å². The maximum Gasteiger partial charge on any atom is 0.307 e. The number of fused-ring (bicyclic) bond motifs is 2. The zero-order valence-corrected chi connectivity index (χ0v) is 23.2. The average molecular weight is 548 g/mol. The summed E-state index contributed by atoms with van der Waals surface area (Å²) in [7, 11) is 1.51. The maximum absolute atomic E-state index is 15.9. The molecule has 1 N–H and O–H groups in total. The molecule has 3 aliphatic rings. The third-order valence-corrected chi connectivity index (χ3v) is 9.61. The van der Waals surface area contributed by atoms with Gasteiger partial charge in [0.15, 0.2) is 11.6 Å². The van der Waals surface area contributed by atoms with Crippen LogP contribution in [-0.4, -0.2) is 23.2 Å². The zero-order valence-electron chi connectivity index (χ0n) is 23.2. The van der Waals surface area contributed by atoms with Crippen molar-refractivity contribution >= 4 is 5.97 Å². The SMILES string of the molecule is COc1cc(-c2ccc(COc3ccc4c(c3F)C3(CCC4)C[C@H]3C(=O)O)cc2[C@@H]2CCCC2(C)C)c(F)cn1. The Morgan fingerprint density at radius 2 is 1.93 bits per heavy atom. The lowest BCUT2D eigenvalue weighted by Crippen LogP contribution is -2.23. The Labute approximate surface area is 233 Å². The van der Waals surface area contributed by atoms with Gasteiger partial charge in [0.2, 0.25) is 5.88 Å². The van der Waals surface area contributed by atoms with Gasteiger partial charge in [0, 0.05) is 22.6 Å². The summed E-state index contributed by atoms with van der Waals surface area (Å²) in [6.07, 6.45) is 7.16. The van der Waals surface area contributed by atoms with E-state index < -0.39 is 28.9 Å². The second-order valence-corrected chi connectivity index (χ2v) is 12.4. The van der Waals surface area contributed by atoms with E-state index in [0.29, 0.717) is 29.8 Å². The van der Waals surface area contributed by atoms with Gasteiger partial charge in [0.05, 0.1) is 19.2 Å². The predicted molar refractivity (Wildman–Crippen MR) is 148 cm³/mol. The van der Waals surface area contributed by atoms with Crippen LogP contribution in [0, 0.1) is 23.0 Å². The summed E-state index contributed by atoms with van der Waals surface area (Å²) in [5.41, 5.74) is 4.03. The molecular weight excluding hydrogens is 512 g/mol. The monoisotopic (exact) mass is 547 g/mol. The Hall–Kier alpha value is -3.48. The molecule has 40 heavy (non-hydrogen) atoms. The van der Waals surface area contributed by atoms with E-state index in [1.807, 2.05) is 18.2 Å². The number of benzene rings is 2. The third kappa shape index (κ3) is 4.43. The second-order valence-electron chi connectivity index (χ2n) is 12.4. The first-order chi connectivity index (χ1) is 19.1. The molecule has 0 amide bonds. The topological polar surface area (TPSA) is 68.7 Å². The van der Waals surface area contributed by atoms with E-state index >= 15 is 8.78 Å². The van der Waals surface area contributed by atoms with Crippen LogP contribution < -0.4 is 9.47 Å². The van der Waals surface area contributed by atoms with E-state index in [-0.39, 0.29) is 23.7 Å². The molecule has 1 aromatic heterocycles. The van der Waals surface area contributed by atoms with Crippen LogP contribution in [0.25, 0.3) is 11.1 Å². The van der Waals surface area contributed by atoms with E-state index in [0.717, 1.165) is 54.4 Å². The molecule has 1 spiro atoms. The summed E-state index contributed by atoms with van der Waals surface area (Å²) in [5.74, 6) is -1.51. The average Bonchev–Trinajstić information content (AvgIpc) is 3.53. The van der Waals surface area contributed by atoms with Gasteiger partial charge in [-0.1, -0.05) is 44.5 Å². The zero-order chi connectivity index (χ0) is 28.2. The molecule has 0 radical (unpaired) electrons. The molecule has 0 aliphatic heterocycles. The fraction of sp³-hybridized carbons (Fsp3) is 0.455. The third-order valence-electron chi connectivity index (χ3n) is 9.61. The van der Waals surface area contributed by atoms with Crippen LogP contribution >= 0.6 is 0 Å². The highest BCUT2D eigenvalue weighted by Gasteiger charge is 2.62. The molecule has 1 heterocycles. The Morgan fingerprint density at radius 1 is 1.10 bits per heavy atom. The molecule has 0 saturated heterocycles. The smallest absolute Gasteiger partial charge is 0.307 e. The number of aromatic nitrogens is 1. The molecule has 3 atom stereocenters. The van der Waals surface area contributed by atoms with Gasteiger partial charge in [-0.25, -0.2) is 13.8 Å². The lowest BCUT2D eigenvalue weighted by Gasteiger charge is -2.30. The van der Waals surface area contributed by atoms with Crippen molar-refractivity contribution < 1.29 is 28.2 Å². The molecule has 0 bridgehead atoms. The van der Waals surface area contributed by atoms with Crippen molar-refractivity contribution in [2.45, 2.75) is 76.7 Å². The summed E-state index contributed by atoms with van der Waals surface area (Å²) < 4.78 is 42.2. The van der Waals surface area contributed by atoms with Gasteiger partial charge in [0.1, 0.15) is 12.4 Å². The highest BCUT2D eigenvalue weighted by atomic mass is 19.1. The maximum atomic E-state index is 15.9. The van der Waals surface area contributed by atoms with Gasteiger partial charge < -0.3 is 14.6 Å². The molecule has 2 saturated carbocycles. The van der Waals surface area contributed by atoms with Crippen molar-refractivity contribution in [3.05, 3.63) is 76.5 Å². The van der Waals surface area contributed by atoms with Crippen LogP contribution in [0.2, 0.25) is 0 Å². The van der Waals surface area contributed by atoms with Crippen LogP contribution in [-0.2, 0) is 23.2 Å². The Kier molecular flexibility index (Phi) is 6.59. The van der Waals surface area contributed by atoms with Crippen molar-refractivity contribution in [2.75, 3.05) is 7.11 Å².